The summed E-state index contributed by atoms with van der Waals surface area (Å²) < 4.78 is 28.3. The van der Waals surface area contributed by atoms with Crippen molar-refractivity contribution in [3.63, 3.8) is 0 Å². The third kappa shape index (κ3) is 4.72. The molecule has 4 nitrogen and oxygen atoms in total. The Bertz CT molecular complexity index is 640. The summed E-state index contributed by atoms with van der Waals surface area (Å²) in [5.74, 6) is 0. The van der Waals surface area contributed by atoms with Gasteiger partial charge in [-0.3, -0.25) is 0 Å². The number of aryl methyl sites for hydroxylation is 2. The topological polar surface area (TPSA) is 49.4 Å². The molecule has 3 rings (SSSR count). The van der Waals surface area contributed by atoms with Gasteiger partial charge in [0, 0.05) is 6.04 Å². The van der Waals surface area contributed by atoms with Gasteiger partial charge in [-0.2, -0.15) is 0 Å². The third-order valence-corrected chi connectivity index (χ3v) is 6.60. The minimum atomic E-state index is -3.39. The lowest BCUT2D eigenvalue weighted by molar-refractivity contribution is 0.208. The highest BCUT2D eigenvalue weighted by molar-refractivity contribution is 7.89. The van der Waals surface area contributed by atoms with E-state index >= 15 is 0 Å². The summed E-state index contributed by atoms with van der Waals surface area (Å²) in [6.07, 6.45) is 7.44. The predicted molar refractivity (Wildman–Crippen MR) is 100 cm³/mol. The molecule has 0 atom stereocenters. The minimum Gasteiger partial charge on any atom is -0.303 e. The van der Waals surface area contributed by atoms with Crippen LogP contribution in [0, 0.1) is 0 Å². The predicted octanol–water partition coefficient (Wildman–Crippen LogP) is 3.14. The number of nitrogens with one attached hydrogen (secondary N) is 1. The van der Waals surface area contributed by atoms with Crippen molar-refractivity contribution in [1.82, 2.24) is 9.62 Å². The van der Waals surface area contributed by atoms with E-state index in [1.807, 2.05) is 12.1 Å². The van der Waals surface area contributed by atoms with Crippen LogP contribution in [0.4, 0.5) is 0 Å². The van der Waals surface area contributed by atoms with Gasteiger partial charge in [-0.05, 0) is 87.8 Å². The van der Waals surface area contributed by atoms with Crippen molar-refractivity contribution >= 4 is 22.4 Å². The van der Waals surface area contributed by atoms with E-state index in [2.05, 4.69) is 16.5 Å². The van der Waals surface area contributed by atoms with Crippen LogP contribution >= 0.6 is 12.4 Å². The highest BCUT2D eigenvalue weighted by atomic mass is 35.5. The molecule has 1 aromatic rings. The number of rotatable bonds is 5. The number of piperidine rings is 1. The maximum absolute atomic E-state index is 12.7. The van der Waals surface area contributed by atoms with Crippen molar-refractivity contribution in [3.05, 3.63) is 29.3 Å². The molecule has 0 aromatic heterocycles. The molecule has 1 saturated heterocycles. The fraction of sp³-hybridized carbons (Fsp3) is 0.667. The third-order valence-electron chi connectivity index (χ3n) is 5.08. The van der Waals surface area contributed by atoms with Gasteiger partial charge in [0.15, 0.2) is 0 Å². The van der Waals surface area contributed by atoms with Crippen molar-refractivity contribution < 1.29 is 8.42 Å². The number of hydrogen-bond donors (Lipinski definition) is 1. The standard InChI is InChI=1S/C18H28N2O2S.ClH/c1-2-11-20-12-9-17(10-13-20)19-23(21,22)18-8-7-15-5-3-4-6-16(15)14-18;/h7-8,14,17,19H,2-6,9-13H2,1H3;1H. The molecule has 1 aliphatic heterocycles. The highest BCUT2D eigenvalue weighted by Gasteiger charge is 2.25. The molecular formula is C18H29ClN2O2S. The van der Waals surface area contributed by atoms with Crippen LogP contribution in [0.25, 0.3) is 0 Å². The molecular weight excluding hydrogens is 344 g/mol. The minimum absolute atomic E-state index is 0. The number of fused-ring (bicyclic) bond motifs is 1. The Kier molecular flexibility index (Phi) is 7.10. The molecule has 1 N–H and O–H groups in total. The van der Waals surface area contributed by atoms with Crippen LogP contribution in [0.1, 0.15) is 50.2 Å². The number of likely N-dealkylation sites (tertiary alicyclic amines) is 1. The number of benzene rings is 1. The Labute approximate surface area is 152 Å². The van der Waals surface area contributed by atoms with E-state index < -0.39 is 10.0 Å². The Balaban J connectivity index is 0.00000208. The Morgan fingerprint density at radius 1 is 1.12 bits per heavy atom. The summed E-state index contributed by atoms with van der Waals surface area (Å²) in [5, 5.41) is 0. The average Bonchev–Trinajstić information content (AvgIpc) is 2.56. The molecule has 0 amide bonds. The summed E-state index contributed by atoms with van der Waals surface area (Å²) in [6.45, 7) is 5.28. The first-order valence-electron chi connectivity index (χ1n) is 8.95. The van der Waals surface area contributed by atoms with Crippen molar-refractivity contribution in [3.8, 4) is 0 Å². The van der Waals surface area contributed by atoms with E-state index in [1.165, 1.54) is 24.0 Å². The Morgan fingerprint density at radius 2 is 1.79 bits per heavy atom. The van der Waals surface area contributed by atoms with Gasteiger partial charge >= 0.3 is 0 Å². The highest BCUT2D eigenvalue weighted by Crippen LogP contribution is 2.24. The van der Waals surface area contributed by atoms with Gasteiger partial charge in [0.2, 0.25) is 10.0 Å². The fourth-order valence-electron chi connectivity index (χ4n) is 3.76. The van der Waals surface area contributed by atoms with Crippen molar-refractivity contribution in [2.45, 2.75) is 62.8 Å². The van der Waals surface area contributed by atoms with Gasteiger partial charge in [-0.1, -0.05) is 13.0 Å². The summed E-state index contributed by atoms with van der Waals surface area (Å²) in [4.78, 5) is 2.86. The van der Waals surface area contributed by atoms with E-state index in [-0.39, 0.29) is 18.4 Å². The largest absolute Gasteiger partial charge is 0.303 e. The quantitative estimate of drug-likeness (QED) is 0.863. The van der Waals surface area contributed by atoms with Gasteiger partial charge in [0.1, 0.15) is 0 Å². The number of hydrogen-bond acceptors (Lipinski definition) is 3. The second-order valence-electron chi connectivity index (χ2n) is 6.87. The summed E-state index contributed by atoms with van der Waals surface area (Å²) >= 11 is 0. The van der Waals surface area contributed by atoms with Crippen LogP contribution < -0.4 is 4.72 Å². The Morgan fingerprint density at radius 3 is 2.46 bits per heavy atom. The van der Waals surface area contributed by atoms with E-state index in [1.54, 1.807) is 6.07 Å². The zero-order valence-corrected chi connectivity index (χ0v) is 16.1. The zero-order chi connectivity index (χ0) is 16.3. The smallest absolute Gasteiger partial charge is 0.240 e. The van der Waals surface area contributed by atoms with Crippen LogP contribution in [0.5, 0.6) is 0 Å². The number of halogens is 1. The van der Waals surface area contributed by atoms with Gasteiger partial charge < -0.3 is 4.90 Å². The van der Waals surface area contributed by atoms with Crippen LogP contribution in [0.3, 0.4) is 0 Å². The first-order chi connectivity index (χ1) is 11.1. The molecule has 1 heterocycles. The molecule has 136 valence electrons. The van der Waals surface area contributed by atoms with Gasteiger partial charge in [0.05, 0.1) is 4.90 Å². The second kappa shape index (κ2) is 8.65. The van der Waals surface area contributed by atoms with E-state index in [0.717, 1.165) is 51.7 Å². The fourth-order valence-corrected chi connectivity index (χ4v) is 5.11. The molecule has 6 heteroatoms. The molecule has 0 saturated carbocycles. The van der Waals surface area contributed by atoms with Crippen LogP contribution in [-0.4, -0.2) is 39.0 Å². The molecule has 1 fully saturated rings. The maximum atomic E-state index is 12.7. The van der Waals surface area contributed by atoms with E-state index in [0.29, 0.717) is 4.90 Å². The van der Waals surface area contributed by atoms with Gasteiger partial charge in [0.25, 0.3) is 0 Å². The summed E-state index contributed by atoms with van der Waals surface area (Å²) in [6, 6.07) is 5.75. The van der Waals surface area contributed by atoms with Crippen molar-refractivity contribution in [2.75, 3.05) is 19.6 Å². The number of nitrogens with zero attached hydrogens (tertiary/aromatic N) is 1. The number of sulfonamides is 1. The molecule has 0 bridgehead atoms. The maximum Gasteiger partial charge on any atom is 0.240 e. The van der Waals surface area contributed by atoms with Crippen molar-refractivity contribution in [1.29, 1.82) is 0 Å². The van der Waals surface area contributed by atoms with Crippen molar-refractivity contribution in [2.24, 2.45) is 0 Å². The molecule has 0 radical (unpaired) electrons. The summed E-state index contributed by atoms with van der Waals surface area (Å²) in [5.41, 5.74) is 2.54. The lowest BCUT2D eigenvalue weighted by atomic mass is 9.92. The van der Waals surface area contributed by atoms with Gasteiger partial charge in [-0.15, -0.1) is 12.4 Å². The second-order valence-corrected chi connectivity index (χ2v) is 8.59. The average molecular weight is 373 g/mol. The molecule has 0 spiro atoms. The molecule has 2 aliphatic rings. The zero-order valence-electron chi connectivity index (χ0n) is 14.5. The lowest BCUT2D eigenvalue weighted by Gasteiger charge is -2.32. The van der Waals surface area contributed by atoms with Crippen LogP contribution in [-0.2, 0) is 22.9 Å². The Hall–Kier alpha value is -0.620. The SMILES string of the molecule is CCCN1CCC(NS(=O)(=O)c2ccc3c(c2)CCCC3)CC1.Cl. The molecule has 1 aromatic carbocycles. The van der Waals surface area contributed by atoms with E-state index in [4.69, 9.17) is 0 Å². The molecule has 1 aliphatic carbocycles. The first kappa shape index (κ1) is 19.7. The van der Waals surface area contributed by atoms with Crippen LogP contribution in [0.15, 0.2) is 23.1 Å². The van der Waals surface area contributed by atoms with Gasteiger partial charge in [-0.25, -0.2) is 13.1 Å². The first-order valence-corrected chi connectivity index (χ1v) is 10.4. The van der Waals surface area contributed by atoms with E-state index in [9.17, 15) is 8.42 Å². The molecule has 24 heavy (non-hydrogen) atoms. The monoisotopic (exact) mass is 372 g/mol. The molecule has 0 unspecified atom stereocenters. The summed E-state index contributed by atoms with van der Waals surface area (Å²) in [7, 11) is -3.39. The lowest BCUT2D eigenvalue weighted by Crippen LogP contribution is -2.44. The van der Waals surface area contributed by atoms with Crippen LogP contribution in [0.2, 0.25) is 0 Å². The normalized spacial score (nSPS) is 19.5.